The van der Waals surface area contributed by atoms with Gasteiger partial charge in [-0.2, -0.15) is 4.31 Å². The number of nitrogens with zero attached hydrogens (tertiary/aromatic N) is 2. The van der Waals surface area contributed by atoms with Crippen molar-refractivity contribution in [1.82, 2.24) is 9.62 Å². The molecule has 0 aliphatic carbocycles. The molecule has 2 amide bonds. The summed E-state index contributed by atoms with van der Waals surface area (Å²) in [5.41, 5.74) is 4.01. The molecule has 2 aromatic rings. The normalized spacial score (nSPS) is 20.7. The summed E-state index contributed by atoms with van der Waals surface area (Å²) in [5.74, 6) is -0.495. The summed E-state index contributed by atoms with van der Waals surface area (Å²) in [6.45, 7) is 6.64. The number of hydrogen-bond donors (Lipinski definition) is 1. The molecule has 2 aliphatic rings. The molecule has 1 N–H and O–H groups in total. The van der Waals surface area contributed by atoms with Crippen LogP contribution in [0, 0.1) is 12.8 Å². The maximum absolute atomic E-state index is 13.4. The van der Waals surface area contributed by atoms with E-state index in [-0.39, 0.29) is 35.2 Å². The van der Waals surface area contributed by atoms with Crippen LogP contribution in [0.4, 0.5) is 5.69 Å². The second-order valence-corrected chi connectivity index (χ2v) is 11.4. The third-order valence-electron chi connectivity index (χ3n) is 6.83. The molecule has 2 aliphatic heterocycles. The van der Waals surface area contributed by atoms with Crippen LogP contribution in [0.2, 0.25) is 0 Å². The highest BCUT2D eigenvalue weighted by atomic mass is 32.2. The number of benzene rings is 2. The summed E-state index contributed by atoms with van der Waals surface area (Å²) < 4.78 is 28.2. The van der Waals surface area contributed by atoms with Gasteiger partial charge in [-0.25, -0.2) is 8.42 Å². The standard InChI is InChI=1S/C26H33N3O4S/c1-18-6-8-21(9-7-18)12-13-27-26(31)22-5-4-14-28(17-22)34(32,33)24-10-11-25-23(16-24)15-19(2)29(25)20(3)30/h6-11,16,19,22H,4-5,12-15,17H2,1-3H3,(H,27,31)/t19-,22+/m0/s1. The van der Waals surface area contributed by atoms with Crippen molar-refractivity contribution in [2.45, 2.75) is 57.4 Å². The van der Waals surface area contributed by atoms with Crippen LogP contribution in [0.25, 0.3) is 0 Å². The van der Waals surface area contributed by atoms with Gasteiger partial charge in [-0.05, 0) is 68.9 Å². The second kappa shape index (κ2) is 9.88. The Labute approximate surface area is 202 Å². The molecular formula is C26H33N3O4S. The van der Waals surface area contributed by atoms with Crippen LogP contribution in [0.15, 0.2) is 47.4 Å². The smallest absolute Gasteiger partial charge is 0.243 e. The van der Waals surface area contributed by atoms with Crippen LogP contribution < -0.4 is 10.2 Å². The van der Waals surface area contributed by atoms with Crippen LogP contribution in [-0.4, -0.2) is 50.2 Å². The molecule has 8 heteroatoms. The molecule has 1 saturated heterocycles. The lowest BCUT2D eigenvalue weighted by Crippen LogP contribution is -2.45. The first-order valence-corrected chi connectivity index (χ1v) is 13.4. The van der Waals surface area contributed by atoms with Gasteiger partial charge in [-0.15, -0.1) is 0 Å². The van der Waals surface area contributed by atoms with Crippen molar-refractivity contribution < 1.29 is 18.0 Å². The quantitative estimate of drug-likeness (QED) is 0.684. The summed E-state index contributed by atoms with van der Waals surface area (Å²) in [6, 6.07) is 13.2. The van der Waals surface area contributed by atoms with E-state index in [4.69, 9.17) is 0 Å². The average Bonchev–Trinajstić information content (AvgIpc) is 3.15. The molecule has 0 radical (unpaired) electrons. The van der Waals surface area contributed by atoms with E-state index in [0.29, 0.717) is 32.4 Å². The van der Waals surface area contributed by atoms with Gasteiger partial charge in [-0.1, -0.05) is 29.8 Å². The lowest BCUT2D eigenvalue weighted by molar-refractivity contribution is -0.126. The van der Waals surface area contributed by atoms with E-state index in [1.165, 1.54) is 16.8 Å². The lowest BCUT2D eigenvalue weighted by Gasteiger charge is -2.31. The fourth-order valence-corrected chi connectivity index (χ4v) is 6.58. The molecule has 2 aromatic carbocycles. The SMILES string of the molecule is CC(=O)N1c2ccc(S(=O)(=O)N3CCC[C@@H](C(=O)NCCc4ccc(C)cc4)C3)cc2C[C@@H]1C. The Bertz CT molecular complexity index is 1180. The predicted octanol–water partition coefficient (Wildman–Crippen LogP) is 3.05. The number of carbonyl (C=O) groups excluding carboxylic acids is 2. The number of nitrogens with one attached hydrogen (secondary N) is 1. The number of rotatable bonds is 6. The minimum absolute atomic E-state index is 0.00780. The third-order valence-corrected chi connectivity index (χ3v) is 8.69. The molecule has 0 aromatic heterocycles. The number of anilines is 1. The highest BCUT2D eigenvalue weighted by Gasteiger charge is 2.35. The van der Waals surface area contributed by atoms with Gasteiger partial charge < -0.3 is 10.2 Å². The van der Waals surface area contributed by atoms with E-state index in [9.17, 15) is 18.0 Å². The molecule has 4 rings (SSSR count). The highest BCUT2D eigenvalue weighted by molar-refractivity contribution is 7.89. The van der Waals surface area contributed by atoms with E-state index in [2.05, 4.69) is 29.6 Å². The van der Waals surface area contributed by atoms with Crippen molar-refractivity contribution in [2.75, 3.05) is 24.5 Å². The molecule has 0 unspecified atom stereocenters. The Hall–Kier alpha value is -2.71. The Morgan fingerprint density at radius 1 is 1.12 bits per heavy atom. The number of piperidine rings is 1. The Balaban J connectivity index is 1.40. The van der Waals surface area contributed by atoms with E-state index in [1.807, 2.05) is 13.8 Å². The highest BCUT2D eigenvalue weighted by Crippen LogP contribution is 2.35. The topological polar surface area (TPSA) is 86.8 Å². The van der Waals surface area contributed by atoms with Gasteiger partial charge in [-0.3, -0.25) is 9.59 Å². The largest absolute Gasteiger partial charge is 0.355 e. The summed E-state index contributed by atoms with van der Waals surface area (Å²) in [4.78, 5) is 26.7. The summed E-state index contributed by atoms with van der Waals surface area (Å²) in [6.07, 6.45) is 2.70. The van der Waals surface area contributed by atoms with Gasteiger partial charge in [0.1, 0.15) is 0 Å². The van der Waals surface area contributed by atoms with Crippen LogP contribution >= 0.6 is 0 Å². The first-order valence-electron chi connectivity index (χ1n) is 11.9. The first-order chi connectivity index (χ1) is 16.2. The van der Waals surface area contributed by atoms with Gasteiger partial charge in [0.05, 0.1) is 10.8 Å². The number of aryl methyl sites for hydroxylation is 1. The summed E-state index contributed by atoms with van der Waals surface area (Å²) >= 11 is 0. The molecule has 1 fully saturated rings. The predicted molar refractivity (Wildman–Crippen MR) is 132 cm³/mol. The van der Waals surface area contributed by atoms with Crippen LogP contribution in [-0.2, 0) is 32.5 Å². The van der Waals surface area contributed by atoms with Crippen LogP contribution in [0.3, 0.4) is 0 Å². The zero-order chi connectivity index (χ0) is 24.5. The minimum atomic E-state index is -3.72. The van der Waals surface area contributed by atoms with Crippen molar-refractivity contribution in [2.24, 2.45) is 5.92 Å². The molecule has 7 nitrogen and oxygen atoms in total. The first kappa shape index (κ1) is 24.4. The molecule has 0 bridgehead atoms. The second-order valence-electron chi connectivity index (χ2n) is 9.46. The van der Waals surface area contributed by atoms with Crippen molar-refractivity contribution in [3.05, 3.63) is 59.2 Å². The molecule has 0 spiro atoms. The fraction of sp³-hybridized carbons (Fsp3) is 0.462. The average molecular weight is 484 g/mol. The van der Waals surface area contributed by atoms with Crippen molar-refractivity contribution in [1.29, 1.82) is 0 Å². The lowest BCUT2D eigenvalue weighted by atomic mass is 9.98. The maximum atomic E-state index is 13.4. The Morgan fingerprint density at radius 2 is 1.85 bits per heavy atom. The van der Waals surface area contributed by atoms with E-state index in [1.54, 1.807) is 23.1 Å². The third kappa shape index (κ3) is 5.03. The van der Waals surface area contributed by atoms with Gasteiger partial charge in [0.2, 0.25) is 21.8 Å². The van der Waals surface area contributed by atoms with Crippen LogP contribution in [0.5, 0.6) is 0 Å². The Kier molecular flexibility index (Phi) is 7.09. The number of carbonyl (C=O) groups is 2. The zero-order valence-electron chi connectivity index (χ0n) is 20.1. The van der Waals surface area contributed by atoms with E-state index in [0.717, 1.165) is 23.2 Å². The molecule has 34 heavy (non-hydrogen) atoms. The van der Waals surface area contributed by atoms with Gasteiger partial charge in [0.25, 0.3) is 0 Å². The van der Waals surface area contributed by atoms with Gasteiger partial charge >= 0.3 is 0 Å². The summed E-state index contributed by atoms with van der Waals surface area (Å²) in [7, 11) is -3.72. The molecule has 2 heterocycles. The molecule has 2 atom stereocenters. The minimum Gasteiger partial charge on any atom is -0.355 e. The van der Waals surface area contributed by atoms with Crippen molar-refractivity contribution >= 4 is 27.5 Å². The number of sulfonamides is 1. The monoisotopic (exact) mass is 483 g/mol. The number of hydrogen-bond acceptors (Lipinski definition) is 4. The Morgan fingerprint density at radius 3 is 2.56 bits per heavy atom. The molecular weight excluding hydrogens is 450 g/mol. The van der Waals surface area contributed by atoms with Gasteiger partial charge in [0, 0.05) is 38.3 Å². The maximum Gasteiger partial charge on any atom is 0.243 e. The van der Waals surface area contributed by atoms with Crippen LogP contribution in [0.1, 0.15) is 43.4 Å². The summed E-state index contributed by atoms with van der Waals surface area (Å²) in [5, 5.41) is 2.98. The molecule has 182 valence electrons. The van der Waals surface area contributed by atoms with E-state index < -0.39 is 10.0 Å². The van der Waals surface area contributed by atoms with Gasteiger partial charge in [0.15, 0.2) is 0 Å². The fourth-order valence-electron chi connectivity index (χ4n) is 5.00. The van der Waals surface area contributed by atoms with Crippen molar-refractivity contribution in [3.63, 3.8) is 0 Å². The van der Waals surface area contributed by atoms with E-state index >= 15 is 0 Å². The molecule has 0 saturated carbocycles. The van der Waals surface area contributed by atoms with Crippen molar-refractivity contribution in [3.8, 4) is 0 Å². The number of fused-ring (bicyclic) bond motifs is 1. The zero-order valence-corrected chi connectivity index (χ0v) is 20.9. The number of amides is 2.